The minimum atomic E-state index is -1.22. The van der Waals surface area contributed by atoms with Crippen molar-refractivity contribution in [1.82, 2.24) is 0 Å². The highest BCUT2D eigenvalue weighted by Crippen LogP contribution is 2.21. The number of allylic oxidation sites excluding steroid dienone is 1. The highest BCUT2D eigenvalue weighted by molar-refractivity contribution is 6.07. The number of hydrogen-bond acceptors (Lipinski definition) is 4. The fourth-order valence-electron chi connectivity index (χ4n) is 2.50. The van der Waals surface area contributed by atoms with Crippen LogP contribution >= 0.6 is 0 Å². The predicted molar refractivity (Wildman–Crippen MR) is 91.0 cm³/mol. The quantitative estimate of drug-likeness (QED) is 0.605. The van der Waals surface area contributed by atoms with Crippen LogP contribution in [-0.4, -0.2) is 18.9 Å². The lowest BCUT2D eigenvalue weighted by molar-refractivity contribution is -0.304. The van der Waals surface area contributed by atoms with Crippen LogP contribution in [0.1, 0.15) is 32.6 Å². The average Bonchev–Trinajstić information content (AvgIpc) is 2.53. The summed E-state index contributed by atoms with van der Waals surface area (Å²) in [7, 11) is 1.45. The van der Waals surface area contributed by atoms with Crippen molar-refractivity contribution in [2.45, 2.75) is 20.3 Å². The van der Waals surface area contributed by atoms with Crippen molar-refractivity contribution >= 4 is 17.8 Å². The molecule has 0 atom stereocenters. The van der Waals surface area contributed by atoms with E-state index in [1.165, 1.54) is 19.3 Å². The van der Waals surface area contributed by atoms with Gasteiger partial charge in [-0.2, -0.15) is 0 Å². The van der Waals surface area contributed by atoms with Gasteiger partial charge in [0.25, 0.3) is 0 Å². The van der Waals surface area contributed by atoms with Crippen LogP contribution in [0.2, 0.25) is 0 Å². The first-order valence-electron chi connectivity index (χ1n) is 7.57. The minimum absolute atomic E-state index is 0.197. The van der Waals surface area contributed by atoms with Crippen molar-refractivity contribution in [2.75, 3.05) is 7.11 Å². The van der Waals surface area contributed by atoms with E-state index in [9.17, 15) is 14.7 Å². The number of carbonyl (C=O) groups is 2. The number of carboxylic acid groups (broad SMARTS) is 1. The van der Waals surface area contributed by atoms with Crippen LogP contribution in [0.15, 0.2) is 42.5 Å². The van der Waals surface area contributed by atoms with Gasteiger partial charge in [-0.25, -0.2) is 0 Å². The van der Waals surface area contributed by atoms with Crippen molar-refractivity contribution in [3.63, 3.8) is 0 Å². The summed E-state index contributed by atoms with van der Waals surface area (Å²) < 4.78 is 5.12. The van der Waals surface area contributed by atoms with E-state index in [-0.39, 0.29) is 12.2 Å². The SMILES string of the molecule is COc1ccc(C(=O)/C=C/c2ccc(C)cc2C)cc1CC(=O)[O-]. The molecule has 0 radical (unpaired) electrons. The van der Waals surface area contributed by atoms with Gasteiger partial charge < -0.3 is 14.6 Å². The van der Waals surface area contributed by atoms with Crippen molar-refractivity contribution in [3.8, 4) is 5.75 Å². The number of carboxylic acids is 1. The summed E-state index contributed by atoms with van der Waals surface area (Å²) in [6.07, 6.45) is 2.95. The lowest BCUT2D eigenvalue weighted by Gasteiger charge is -2.10. The molecule has 0 bridgehead atoms. The largest absolute Gasteiger partial charge is 0.550 e. The molecule has 2 rings (SSSR count). The first kappa shape index (κ1) is 17.5. The van der Waals surface area contributed by atoms with Gasteiger partial charge in [0, 0.05) is 23.5 Å². The van der Waals surface area contributed by atoms with Gasteiger partial charge in [-0.05, 0) is 49.2 Å². The maximum atomic E-state index is 12.3. The van der Waals surface area contributed by atoms with Crippen molar-refractivity contribution in [1.29, 1.82) is 0 Å². The second-order valence-corrected chi connectivity index (χ2v) is 5.63. The molecule has 0 unspecified atom stereocenters. The number of ether oxygens (including phenoxy) is 1. The van der Waals surface area contributed by atoms with E-state index >= 15 is 0 Å². The van der Waals surface area contributed by atoms with E-state index in [1.807, 2.05) is 26.0 Å². The molecule has 4 nitrogen and oxygen atoms in total. The molecular weight excluding hydrogens is 304 g/mol. The summed E-state index contributed by atoms with van der Waals surface area (Å²) in [4.78, 5) is 23.2. The molecule has 2 aromatic carbocycles. The lowest BCUT2D eigenvalue weighted by atomic mass is 10.0. The van der Waals surface area contributed by atoms with Crippen LogP contribution in [0.4, 0.5) is 0 Å². The van der Waals surface area contributed by atoms with Crippen LogP contribution < -0.4 is 9.84 Å². The van der Waals surface area contributed by atoms with Gasteiger partial charge in [0.2, 0.25) is 0 Å². The molecule has 24 heavy (non-hydrogen) atoms. The number of aryl methyl sites for hydroxylation is 2. The first-order chi connectivity index (χ1) is 11.4. The molecule has 0 N–H and O–H groups in total. The van der Waals surface area contributed by atoms with Gasteiger partial charge in [-0.1, -0.05) is 29.8 Å². The molecule has 0 aromatic heterocycles. The number of methoxy groups -OCH3 is 1. The molecule has 124 valence electrons. The van der Waals surface area contributed by atoms with Crippen molar-refractivity contribution in [3.05, 3.63) is 70.3 Å². The molecular formula is C20H19O4-. The summed E-state index contributed by atoms with van der Waals surface area (Å²) in [6.45, 7) is 4.00. The standard InChI is InChI=1S/C20H20O4/c1-13-4-5-15(14(2)10-13)6-8-18(21)16-7-9-19(24-3)17(11-16)12-20(22)23/h4-11H,12H2,1-3H3,(H,22,23)/p-1/b8-6+. The maximum absolute atomic E-state index is 12.3. The molecule has 0 amide bonds. The van der Waals surface area contributed by atoms with Crippen LogP contribution in [0.25, 0.3) is 6.08 Å². The van der Waals surface area contributed by atoms with Crippen molar-refractivity contribution < 1.29 is 19.4 Å². The molecule has 0 aliphatic heterocycles. The van der Waals surface area contributed by atoms with Crippen LogP contribution in [0.3, 0.4) is 0 Å². The van der Waals surface area contributed by atoms with Gasteiger partial charge in [-0.3, -0.25) is 4.79 Å². The molecule has 2 aromatic rings. The van der Waals surface area contributed by atoms with E-state index in [0.29, 0.717) is 16.9 Å². The minimum Gasteiger partial charge on any atom is -0.550 e. The first-order valence-corrected chi connectivity index (χ1v) is 7.57. The fourth-order valence-corrected chi connectivity index (χ4v) is 2.50. The molecule has 4 heteroatoms. The van der Waals surface area contributed by atoms with E-state index < -0.39 is 5.97 Å². The van der Waals surface area contributed by atoms with Crippen LogP contribution in [0, 0.1) is 13.8 Å². The summed E-state index contributed by atoms with van der Waals surface area (Å²) in [6, 6.07) is 10.7. The highest BCUT2D eigenvalue weighted by Gasteiger charge is 2.09. The molecule has 0 spiro atoms. The topological polar surface area (TPSA) is 66.4 Å². The molecule has 0 aliphatic carbocycles. The average molecular weight is 323 g/mol. The van der Waals surface area contributed by atoms with Crippen LogP contribution in [-0.2, 0) is 11.2 Å². The monoisotopic (exact) mass is 323 g/mol. The zero-order valence-electron chi connectivity index (χ0n) is 14.0. The van der Waals surface area contributed by atoms with Gasteiger partial charge in [0.15, 0.2) is 5.78 Å². The summed E-state index contributed by atoms with van der Waals surface area (Å²) in [5.74, 6) is -0.991. The molecule has 0 aliphatic rings. The normalized spacial score (nSPS) is 10.8. The van der Waals surface area contributed by atoms with E-state index in [4.69, 9.17) is 4.74 Å². The smallest absolute Gasteiger partial charge is 0.185 e. The van der Waals surface area contributed by atoms with Gasteiger partial charge >= 0.3 is 0 Å². The van der Waals surface area contributed by atoms with E-state index in [2.05, 4.69) is 6.07 Å². The number of carbonyl (C=O) groups excluding carboxylic acids is 2. The Bertz CT molecular complexity index is 803. The fraction of sp³-hybridized carbons (Fsp3) is 0.200. The number of rotatable bonds is 6. The summed E-state index contributed by atoms with van der Waals surface area (Å²) in [5, 5.41) is 10.8. The molecule has 0 saturated heterocycles. The summed E-state index contributed by atoms with van der Waals surface area (Å²) >= 11 is 0. The van der Waals surface area contributed by atoms with Crippen molar-refractivity contribution in [2.24, 2.45) is 0 Å². The Morgan fingerprint density at radius 3 is 2.50 bits per heavy atom. The highest BCUT2D eigenvalue weighted by atomic mass is 16.5. The van der Waals surface area contributed by atoms with E-state index in [1.54, 1.807) is 18.2 Å². The van der Waals surface area contributed by atoms with Gasteiger partial charge in [-0.15, -0.1) is 0 Å². The molecule has 0 fully saturated rings. The number of benzene rings is 2. The predicted octanol–water partition coefficient (Wildman–Crippen LogP) is 2.50. The second kappa shape index (κ2) is 7.59. The second-order valence-electron chi connectivity index (χ2n) is 5.63. The Morgan fingerprint density at radius 2 is 1.88 bits per heavy atom. The third-order valence-electron chi connectivity index (χ3n) is 3.74. The lowest BCUT2D eigenvalue weighted by Crippen LogP contribution is -2.24. The third-order valence-corrected chi connectivity index (χ3v) is 3.74. The Hall–Kier alpha value is -2.88. The molecule has 0 saturated carbocycles. The maximum Gasteiger partial charge on any atom is 0.185 e. The Morgan fingerprint density at radius 1 is 1.12 bits per heavy atom. The Labute approximate surface area is 141 Å². The zero-order chi connectivity index (χ0) is 17.7. The van der Waals surface area contributed by atoms with Crippen LogP contribution in [0.5, 0.6) is 5.75 Å². The Balaban J connectivity index is 2.26. The summed E-state index contributed by atoms with van der Waals surface area (Å²) in [5.41, 5.74) is 4.05. The number of hydrogen-bond donors (Lipinski definition) is 0. The third kappa shape index (κ3) is 4.32. The number of aliphatic carboxylic acids is 1. The van der Waals surface area contributed by atoms with Gasteiger partial charge in [0.05, 0.1) is 7.11 Å². The van der Waals surface area contributed by atoms with Gasteiger partial charge in [0.1, 0.15) is 5.75 Å². The molecule has 0 heterocycles. The Kier molecular flexibility index (Phi) is 5.53. The zero-order valence-corrected chi connectivity index (χ0v) is 14.0. The number of ketones is 1. The van der Waals surface area contributed by atoms with E-state index in [0.717, 1.165) is 16.7 Å².